The van der Waals surface area contributed by atoms with Crippen LogP contribution in [0.3, 0.4) is 0 Å². The summed E-state index contributed by atoms with van der Waals surface area (Å²) in [6.07, 6.45) is 4.41. The summed E-state index contributed by atoms with van der Waals surface area (Å²) in [4.78, 5) is 19.6. The maximum absolute atomic E-state index is 12.3. The van der Waals surface area contributed by atoms with Crippen LogP contribution in [0.4, 0.5) is 10.5 Å². The number of carbonyl (C=O) groups is 1. The van der Waals surface area contributed by atoms with E-state index < -0.39 is 0 Å². The molecule has 5 nitrogen and oxygen atoms in total. The van der Waals surface area contributed by atoms with Crippen molar-refractivity contribution in [1.82, 2.24) is 9.80 Å². The quantitative estimate of drug-likeness (QED) is 0.814. The number of piperidine rings is 1. The number of amides is 1. The van der Waals surface area contributed by atoms with Gasteiger partial charge in [0.2, 0.25) is 0 Å². The van der Waals surface area contributed by atoms with Crippen LogP contribution in [0.5, 0.6) is 0 Å². The highest BCUT2D eigenvalue weighted by molar-refractivity contribution is 5.69. The third-order valence-electron chi connectivity index (χ3n) is 6.72. The summed E-state index contributed by atoms with van der Waals surface area (Å²) in [5.41, 5.74) is 4.10. The maximum atomic E-state index is 12.3. The zero-order valence-electron chi connectivity index (χ0n) is 17.0. The number of hydrogen-bond donors (Lipinski definition) is 0. The zero-order valence-corrected chi connectivity index (χ0v) is 17.0. The van der Waals surface area contributed by atoms with Crippen molar-refractivity contribution in [1.29, 1.82) is 0 Å². The molecule has 5 heteroatoms. The average molecular weight is 372 g/mol. The number of aryl methyl sites for hydroxylation is 2. The van der Waals surface area contributed by atoms with Gasteiger partial charge in [0, 0.05) is 50.0 Å². The van der Waals surface area contributed by atoms with Crippen LogP contribution in [0.25, 0.3) is 0 Å². The fourth-order valence-electron chi connectivity index (χ4n) is 5.33. The Kier molecular flexibility index (Phi) is 5.31. The number of anilines is 1. The number of rotatable bonds is 3. The van der Waals surface area contributed by atoms with Crippen molar-refractivity contribution in [3.63, 3.8) is 0 Å². The van der Waals surface area contributed by atoms with Crippen LogP contribution in [0.1, 0.15) is 43.7 Å². The third-order valence-corrected chi connectivity index (χ3v) is 6.72. The lowest BCUT2D eigenvalue weighted by atomic mass is 9.95. The van der Waals surface area contributed by atoms with E-state index in [1.165, 1.54) is 16.8 Å². The second kappa shape index (κ2) is 7.70. The predicted molar refractivity (Wildman–Crippen MR) is 108 cm³/mol. The van der Waals surface area contributed by atoms with Gasteiger partial charge in [-0.1, -0.05) is 12.1 Å². The van der Waals surface area contributed by atoms with E-state index >= 15 is 0 Å². The van der Waals surface area contributed by atoms with Crippen LogP contribution >= 0.6 is 0 Å². The highest BCUT2D eigenvalue weighted by atomic mass is 16.6. The Hall–Kier alpha value is -1.75. The zero-order chi connectivity index (χ0) is 19.0. The molecule has 0 saturated carbocycles. The van der Waals surface area contributed by atoms with Crippen molar-refractivity contribution in [2.45, 2.75) is 64.6 Å². The van der Waals surface area contributed by atoms with Gasteiger partial charge in [0.05, 0.1) is 6.61 Å². The first-order valence-electron chi connectivity index (χ1n) is 10.6. The molecular weight excluding hydrogens is 338 g/mol. The molecular formula is C22H33N3O2. The molecule has 0 N–H and O–H groups in total. The second-order valence-corrected chi connectivity index (χ2v) is 8.43. The predicted octanol–water partition coefficient (Wildman–Crippen LogP) is 3.58. The molecule has 3 heterocycles. The van der Waals surface area contributed by atoms with Gasteiger partial charge >= 0.3 is 6.09 Å². The highest BCUT2D eigenvalue weighted by Gasteiger charge is 2.45. The van der Waals surface area contributed by atoms with Crippen molar-refractivity contribution in [2.75, 3.05) is 37.7 Å². The summed E-state index contributed by atoms with van der Waals surface area (Å²) < 4.78 is 5.29. The molecule has 0 spiro atoms. The number of hydrogen-bond acceptors (Lipinski definition) is 4. The first-order valence-corrected chi connectivity index (χ1v) is 10.6. The summed E-state index contributed by atoms with van der Waals surface area (Å²) in [6, 6.07) is 8.13. The third kappa shape index (κ3) is 3.66. The molecule has 2 bridgehead atoms. The van der Waals surface area contributed by atoms with Crippen molar-refractivity contribution in [3.8, 4) is 0 Å². The van der Waals surface area contributed by atoms with E-state index in [1.807, 2.05) is 11.8 Å². The molecule has 2 unspecified atom stereocenters. The first kappa shape index (κ1) is 18.6. The Morgan fingerprint density at radius 3 is 2.33 bits per heavy atom. The number of fused-ring (bicyclic) bond motifs is 2. The van der Waals surface area contributed by atoms with Gasteiger partial charge < -0.3 is 14.5 Å². The molecule has 3 aliphatic heterocycles. The molecule has 4 rings (SSSR count). The normalized spacial score (nSPS) is 28.5. The lowest BCUT2D eigenvalue weighted by molar-refractivity contribution is 0.0396. The monoisotopic (exact) mass is 371 g/mol. The SMILES string of the molecule is CCOC(=O)N1C2CCC1CC(N1CCN(c3cc(C)ccc3C)CC1)C2. The Morgan fingerprint density at radius 1 is 1.04 bits per heavy atom. The van der Waals surface area contributed by atoms with E-state index in [1.54, 1.807) is 0 Å². The number of piperazine rings is 1. The lowest BCUT2D eigenvalue weighted by Gasteiger charge is -2.46. The summed E-state index contributed by atoms with van der Waals surface area (Å²) in [7, 11) is 0. The smallest absolute Gasteiger partial charge is 0.410 e. The Balaban J connectivity index is 1.36. The fraction of sp³-hybridized carbons (Fsp3) is 0.682. The number of ether oxygens (including phenoxy) is 1. The lowest BCUT2D eigenvalue weighted by Crippen LogP contribution is -2.56. The van der Waals surface area contributed by atoms with Gasteiger partial charge in [-0.2, -0.15) is 0 Å². The molecule has 3 fully saturated rings. The van der Waals surface area contributed by atoms with E-state index in [0.29, 0.717) is 24.7 Å². The van der Waals surface area contributed by atoms with Crippen LogP contribution in [-0.2, 0) is 4.74 Å². The minimum atomic E-state index is -0.0943. The highest BCUT2D eigenvalue weighted by Crippen LogP contribution is 2.38. The minimum absolute atomic E-state index is 0.0943. The molecule has 0 radical (unpaired) electrons. The number of benzene rings is 1. The number of carbonyl (C=O) groups excluding carboxylic acids is 1. The topological polar surface area (TPSA) is 36.0 Å². The van der Waals surface area contributed by atoms with Crippen molar-refractivity contribution >= 4 is 11.8 Å². The number of nitrogens with zero attached hydrogens (tertiary/aromatic N) is 3. The molecule has 1 aromatic rings. The molecule has 27 heavy (non-hydrogen) atoms. The summed E-state index contributed by atoms with van der Waals surface area (Å²) in [6.45, 7) is 11.2. The Morgan fingerprint density at radius 2 is 1.70 bits per heavy atom. The molecule has 3 aliphatic rings. The van der Waals surface area contributed by atoms with Gasteiger partial charge in [-0.05, 0) is 63.6 Å². The van der Waals surface area contributed by atoms with E-state index in [4.69, 9.17) is 4.74 Å². The van der Waals surface area contributed by atoms with Crippen LogP contribution in [0.2, 0.25) is 0 Å². The van der Waals surface area contributed by atoms with Crippen molar-refractivity contribution in [2.24, 2.45) is 0 Å². The van der Waals surface area contributed by atoms with Gasteiger partial charge in [-0.3, -0.25) is 4.90 Å². The van der Waals surface area contributed by atoms with Crippen molar-refractivity contribution < 1.29 is 9.53 Å². The second-order valence-electron chi connectivity index (χ2n) is 8.43. The Bertz CT molecular complexity index is 670. The van der Waals surface area contributed by atoms with Crippen molar-refractivity contribution in [3.05, 3.63) is 29.3 Å². The van der Waals surface area contributed by atoms with E-state index in [0.717, 1.165) is 51.9 Å². The summed E-state index contributed by atoms with van der Waals surface area (Å²) in [5.74, 6) is 0. The molecule has 0 aromatic heterocycles. The van der Waals surface area contributed by atoms with Crippen LogP contribution in [-0.4, -0.2) is 66.8 Å². The standard InChI is InChI=1S/C22H33N3O2/c1-4-27-22(26)25-18-7-8-19(25)15-20(14-18)23-9-11-24(12-10-23)21-13-16(2)5-6-17(21)3/h5-6,13,18-20H,4,7-12,14-15H2,1-3H3. The van der Waals surface area contributed by atoms with Gasteiger partial charge in [0.15, 0.2) is 0 Å². The van der Waals surface area contributed by atoms with Crippen LogP contribution < -0.4 is 4.90 Å². The largest absolute Gasteiger partial charge is 0.450 e. The van der Waals surface area contributed by atoms with Gasteiger partial charge in [0.1, 0.15) is 0 Å². The molecule has 3 saturated heterocycles. The van der Waals surface area contributed by atoms with E-state index in [-0.39, 0.29) is 6.09 Å². The maximum Gasteiger partial charge on any atom is 0.410 e. The van der Waals surface area contributed by atoms with Crippen LogP contribution in [0.15, 0.2) is 18.2 Å². The Labute approximate surface area is 163 Å². The van der Waals surface area contributed by atoms with E-state index in [9.17, 15) is 4.79 Å². The summed E-state index contributed by atoms with van der Waals surface area (Å²) in [5, 5.41) is 0. The van der Waals surface area contributed by atoms with Gasteiger partial charge in [-0.15, -0.1) is 0 Å². The molecule has 1 amide bonds. The molecule has 1 aromatic carbocycles. The molecule has 0 aliphatic carbocycles. The minimum Gasteiger partial charge on any atom is -0.450 e. The molecule has 2 atom stereocenters. The van der Waals surface area contributed by atoms with Gasteiger partial charge in [0.25, 0.3) is 0 Å². The summed E-state index contributed by atoms with van der Waals surface area (Å²) >= 11 is 0. The van der Waals surface area contributed by atoms with Crippen LogP contribution in [0, 0.1) is 13.8 Å². The van der Waals surface area contributed by atoms with E-state index in [2.05, 4.69) is 41.8 Å². The van der Waals surface area contributed by atoms with Gasteiger partial charge in [-0.25, -0.2) is 4.79 Å². The molecule has 148 valence electrons. The first-order chi connectivity index (χ1) is 13.1. The fourth-order valence-corrected chi connectivity index (χ4v) is 5.33. The average Bonchev–Trinajstić information content (AvgIpc) is 2.94.